The van der Waals surface area contributed by atoms with E-state index in [1.165, 1.54) is 11.8 Å². The standard InChI is InChI=1S/C18H23ClN2O2S/c1-11(2)9-21-16(23)13-7-6-12(19)8-14(13)20-17(21)24-10-15(22)18(3,4)5/h6-8,11H,9-10H2,1-5H3. The van der Waals surface area contributed by atoms with Gasteiger partial charge in [0.05, 0.1) is 16.7 Å². The van der Waals surface area contributed by atoms with Crippen LogP contribution in [0.1, 0.15) is 34.6 Å². The van der Waals surface area contributed by atoms with Crippen molar-refractivity contribution >= 4 is 40.0 Å². The van der Waals surface area contributed by atoms with Crippen LogP contribution in [0.3, 0.4) is 0 Å². The zero-order valence-corrected chi connectivity index (χ0v) is 16.3. The van der Waals surface area contributed by atoms with Crippen molar-refractivity contribution < 1.29 is 4.79 Å². The molecule has 0 saturated heterocycles. The molecule has 0 aliphatic heterocycles. The van der Waals surface area contributed by atoms with Crippen LogP contribution in [0, 0.1) is 11.3 Å². The van der Waals surface area contributed by atoms with Gasteiger partial charge in [0.1, 0.15) is 5.78 Å². The number of ketones is 1. The molecule has 1 aromatic heterocycles. The van der Waals surface area contributed by atoms with Crippen molar-refractivity contribution in [3.63, 3.8) is 0 Å². The molecule has 0 bridgehead atoms. The SMILES string of the molecule is CC(C)Cn1c(SCC(=O)C(C)(C)C)nc2cc(Cl)ccc2c1=O. The Labute approximate surface area is 151 Å². The lowest BCUT2D eigenvalue weighted by Gasteiger charge is -2.18. The minimum atomic E-state index is -0.406. The summed E-state index contributed by atoms with van der Waals surface area (Å²) in [5.41, 5.74) is 0.0744. The van der Waals surface area contributed by atoms with Gasteiger partial charge in [-0.2, -0.15) is 0 Å². The highest BCUT2D eigenvalue weighted by Crippen LogP contribution is 2.24. The number of carbonyl (C=O) groups is 1. The summed E-state index contributed by atoms with van der Waals surface area (Å²) in [7, 11) is 0. The van der Waals surface area contributed by atoms with Crippen LogP contribution in [-0.2, 0) is 11.3 Å². The first-order chi connectivity index (χ1) is 11.1. The van der Waals surface area contributed by atoms with Gasteiger partial charge >= 0.3 is 0 Å². The number of rotatable bonds is 5. The molecule has 4 nitrogen and oxygen atoms in total. The van der Waals surface area contributed by atoms with Crippen LogP contribution in [0.4, 0.5) is 0 Å². The molecule has 0 aliphatic carbocycles. The monoisotopic (exact) mass is 366 g/mol. The molecule has 0 fully saturated rings. The summed E-state index contributed by atoms with van der Waals surface area (Å²) >= 11 is 7.34. The molecule has 1 aromatic carbocycles. The quantitative estimate of drug-likeness (QED) is 0.580. The molecule has 2 aromatic rings. The smallest absolute Gasteiger partial charge is 0.262 e. The fraction of sp³-hybridized carbons (Fsp3) is 0.500. The van der Waals surface area contributed by atoms with E-state index in [1.807, 2.05) is 34.6 Å². The van der Waals surface area contributed by atoms with E-state index in [0.717, 1.165) is 0 Å². The number of Topliss-reactive ketones (excluding diaryl/α,β-unsaturated/α-hetero) is 1. The summed E-state index contributed by atoms with van der Waals surface area (Å²) in [6.07, 6.45) is 0. The van der Waals surface area contributed by atoms with Gasteiger partial charge < -0.3 is 0 Å². The highest BCUT2D eigenvalue weighted by Gasteiger charge is 2.22. The summed E-state index contributed by atoms with van der Waals surface area (Å²) in [4.78, 5) is 29.6. The Morgan fingerprint density at radius 3 is 2.58 bits per heavy atom. The number of hydrogen-bond donors (Lipinski definition) is 0. The molecule has 0 unspecified atom stereocenters. The normalized spacial score (nSPS) is 12.1. The molecular weight excluding hydrogens is 344 g/mol. The molecular formula is C18H23ClN2O2S. The Hall–Kier alpha value is -1.33. The van der Waals surface area contributed by atoms with Crippen molar-refractivity contribution in [1.29, 1.82) is 0 Å². The lowest BCUT2D eigenvalue weighted by molar-refractivity contribution is -0.123. The summed E-state index contributed by atoms with van der Waals surface area (Å²) in [5.74, 6) is 0.719. The molecule has 0 radical (unpaired) electrons. The van der Waals surface area contributed by atoms with Crippen molar-refractivity contribution in [3.05, 3.63) is 33.6 Å². The number of fused-ring (bicyclic) bond motifs is 1. The van der Waals surface area contributed by atoms with Gasteiger partial charge in [0, 0.05) is 17.0 Å². The number of nitrogens with zero attached hydrogens (tertiary/aromatic N) is 2. The Morgan fingerprint density at radius 1 is 1.33 bits per heavy atom. The highest BCUT2D eigenvalue weighted by atomic mass is 35.5. The molecule has 1 heterocycles. The first-order valence-corrected chi connectivity index (χ1v) is 9.32. The number of carbonyl (C=O) groups excluding carboxylic acids is 1. The maximum absolute atomic E-state index is 12.8. The van der Waals surface area contributed by atoms with E-state index in [2.05, 4.69) is 4.98 Å². The summed E-state index contributed by atoms with van der Waals surface area (Å²) in [5, 5.41) is 1.66. The van der Waals surface area contributed by atoms with Crippen LogP contribution >= 0.6 is 23.4 Å². The van der Waals surface area contributed by atoms with Crippen LogP contribution in [0.2, 0.25) is 5.02 Å². The van der Waals surface area contributed by atoms with Gasteiger partial charge in [-0.15, -0.1) is 0 Å². The van der Waals surface area contributed by atoms with Crippen LogP contribution in [-0.4, -0.2) is 21.1 Å². The second-order valence-corrected chi connectivity index (χ2v) is 8.71. The van der Waals surface area contributed by atoms with Crippen LogP contribution in [0.15, 0.2) is 28.2 Å². The summed E-state index contributed by atoms with van der Waals surface area (Å²) in [6, 6.07) is 5.09. The van der Waals surface area contributed by atoms with Crippen LogP contribution < -0.4 is 5.56 Å². The van der Waals surface area contributed by atoms with Crippen LogP contribution in [0.25, 0.3) is 10.9 Å². The van der Waals surface area contributed by atoms with Gasteiger partial charge in [0.2, 0.25) is 0 Å². The summed E-state index contributed by atoms with van der Waals surface area (Å²) < 4.78 is 1.67. The first-order valence-electron chi connectivity index (χ1n) is 7.96. The zero-order valence-electron chi connectivity index (χ0n) is 14.7. The maximum atomic E-state index is 12.8. The number of hydrogen-bond acceptors (Lipinski definition) is 4. The Kier molecular flexibility index (Phi) is 5.76. The Bertz CT molecular complexity index is 822. The van der Waals surface area contributed by atoms with E-state index >= 15 is 0 Å². The van der Waals surface area contributed by atoms with E-state index in [9.17, 15) is 9.59 Å². The zero-order chi connectivity index (χ0) is 18.1. The third-order valence-electron chi connectivity index (χ3n) is 3.60. The molecule has 24 heavy (non-hydrogen) atoms. The average molecular weight is 367 g/mol. The first kappa shape index (κ1) is 19.0. The fourth-order valence-corrected chi connectivity index (χ4v) is 3.49. The average Bonchev–Trinajstić information content (AvgIpc) is 2.46. The second-order valence-electron chi connectivity index (χ2n) is 7.33. The van der Waals surface area contributed by atoms with E-state index < -0.39 is 5.41 Å². The van der Waals surface area contributed by atoms with Crippen LogP contribution in [0.5, 0.6) is 0 Å². The lowest BCUT2D eigenvalue weighted by Crippen LogP contribution is -2.27. The van der Waals surface area contributed by atoms with E-state index in [1.54, 1.807) is 22.8 Å². The predicted octanol–water partition coefficient (Wildman–Crippen LogP) is 4.41. The van der Waals surface area contributed by atoms with Gasteiger partial charge in [-0.25, -0.2) is 4.98 Å². The molecule has 2 rings (SSSR count). The second kappa shape index (κ2) is 7.28. The molecule has 130 valence electrons. The molecule has 0 saturated carbocycles. The van der Waals surface area contributed by atoms with E-state index in [-0.39, 0.29) is 11.3 Å². The van der Waals surface area contributed by atoms with Crippen molar-refractivity contribution in [2.24, 2.45) is 11.3 Å². The van der Waals surface area contributed by atoms with Crippen molar-refractivity contribution in [3.8, 4) is 0 Å². The molecule has 6 heteroatoms. The number of thioether (sulfide) groups is 1. The minimum absolute atomic E-state index is 0.0870. The number of halogens is 1. The Balaban J connectivity index is 2.49. The van der Waals surface area contributed by atoms with Crippen molar-refractivity contribution in [2.75, 3.05) is 5.75 Å². The number of benzene rings is 1. The molecule has 0 N–H and O–H groups in total. The lowest BCUT2D eigenvalue weighted by atomic mass is 9.92. The van der Waals surface area contributed by atoms with E-state index in [0.29, 0.717) is 39.3 Å². The largest absolute Gasteiger partial charge is 0.298 e. The van der Waals surface area contributed by atoms with Gasteiger partial charge in [0.25, 0.3) is 5.56 Å². The van der Waals surface area contributed by atoms with Crippen molar-refractivity contribution in [1.82, 2.24) is 9.55 Å². The van der Waals surface area contributed by atoms with E-state index in [4.69, 9.17) is 11.6 Å². The van der Waals surface area contributed by atoms with Gasteiger partial charge in [-0.1, -0.05) is 58.0 Å². The molecule has 0 spiro atoms. The fourth-order valence-electron chi connectivity index (χ4n) is 2.16. The molecule has 0 atom stereocenters. The third-order valence-corrected chi connectivity index (χ3v) is 4.81. The maximum Gasteiger partial charge on any atom is 0.262 e. The van der Waals surface area contributed by atoms with Gasteiger partial charge in [0.15, 0.2) is 5.16 Å². The number of aromatic nitrogens is 2. The topological polar surface area (TPSA) is 52.0 Å². The third kappa shape index (κ3) is 4.39. The Morgan fingerprint density at radius 2 is 2.00 bits per heavy atom. The molecule has 0 aliphatic rings. The summed E-state index contributed by atoms with van der Waals surface area (Å²) in [6.45, 7) is 10.3. The van der Waals surface area contributed by atoms with Gasteiger partial charge in [-0.3, -0.25) is 14.2 Å². The minimum Gasteiger partial charge on any atom is -0.298 e. The predicted molar refractivity (Wildman–Crippen MR) is 101 cm³/mol. The highest BCUT2D eigenvalue weighted by molar-refractivity contribution is 7.99. The van der Waals surface area contributed by atoms with Crippen molar-refractivity contribution in [2.45, 2.75) is 46.3 Å². The van der Waals surface area contributed by atoms with Gasteiger partial charge in [-0.05, 0) is 24.1 Å². The molecule has 0 amide bonds.